The smallest absolute Gasteiger partial charge is 0.124 e. The Morgan fingerprint density at radius 1 is 1.73 bits per heavy atom. The molecular formula is C7H9N3S. The standard InChI is InChI=1S/C7H9N3S/c1-5-3-11-7-6(2-8)9-4-10(5)7/h3-4H,2,8H2,1H3. The second kappa shape index (κ2) is 2.32. The van der Waals surface area contributed by atoms with Crippen LogP contribution in [0, 0.1) is 6.92 Å². The molecule has 11 heavy (non-hydrogen) atoms. The van der Waals surface area contributed by atoms with Crippen LogP contribution in [0.5, 0.6) is 0 Å². The van der Waals surface area contributed by atoms with Crippen molar-refractivity contribution in [2.24, 2.45) is 5.73 Å². The van der Waals surface area contributed by atoms with E-state index < -0.39 is 0 Å². The van der Waals surface area contributed by atoms with Crippen LogP contribution in [0.3, 0.4) is 0 Å². The van der Waals surface area contributed by atoms with Crippen molar-refractivity contribution in [3.05, 3.63) is 23.1 Å². The minimum atomic E-state index is 0.524. The Hall–Kier alpha value is -0.870. The lowest BCUT2D eigenvalue weighted by molar-refractivity contribution is 1.02. The molecule has 0 fully saturated rings. The predicted molar refractivity (Wildman–Crippen MR) is 45.7 cm³/mol. The summed E-state index contributed by atoms with van der Waals surface area (Å²) in [6.45, 7) is 2.59. The van der Waals surface area contributed by atoms with Crippen LogP contribution in [-0.2, 0) is 6.54 Å². The second-order valence-electron chi connectivity index (χ2n) is 2.45. The number of aryl methyl sites for hydroxylation is 1. The molecule has 2 rings (SSSR count). The molecule has 0 spiro atoms. The van der Waals surface area contributed by atoms with Crippen molar-refractivity contribution >= 4 is 16.2 Å². The molecule has 0 radical (unpaired) electrons. The molecule has 0 unspecified atom stereocenters. The Labute approximate surface area is 68.5 Å². The van der Waals surface area contributed by atoms with Crippen molar-refractivity contribution < 1.29 is 0 Å². The van der Waals surface area contributed by atoms with Gasteiger partial charge in [0.25, 0.3) is 0 Å². The summed E-state index contributed by atoms with van der Waals surface area (Å²) >= 11 is 1.69. The average molecular weight is 167 g/mol. The van der Waals surface area contributed by atoms with Gasteiger partial charge in [0.1, 0.15) is 11.2 Å². The summed E-state index contributed by atoms with van der Waals surface area (Å²) in [6, 6.07) is 0. The molecule has 4 heteroatoms. The molecule has 0 aliphatic heterocycles. The first-order valence-electron chi connectivity index (χ1n) is 3.43. The number of hydrogen-bond acceptors (Lipinski definition) is 3. The van der Waals surface area contributed by atoms with E-state index in [9.17, 15) is 0 Å². The summed E-state index contributed by atoms with van der Waals surface area (Å²) in [5.74, 6) is 0. The van der Waals surface area contributed by atoms with Gasteiger partial charge in [0, 0.05) is 17.6 Å². The fourth-order valence-electron chi connectivity index (χ4n) is 1.09. The Morgan fingerprint density at radius 3 is 3.27 bits per heavy atom. The van der Waals surface area contributed by atoms with Gasteiger partial charge >= 0.3 is 0 Å². The molecule has 0 aromatic carbocycles. The molecular weight excluding hydrogens is 158 g/mol. The van der Waals surface area contributed by atoms with Crippen LogP contribution in [0.1, 0.15) is 11.4 Å². The summed E-state index contributed by atoms with van der Waals surface area (Å²) < 4.78 is 2.06. The van der Waals surface area contributed by atoms with Crippen LogP contribution >= 0.6 is 11.3 Å². The fourth-order valence-corrected chi connectivity index (χ4v) is 2.06. The number of rotatable bonds is 1. The topological polar surface area (TPSA) is 43.3 Å². The van der Waals surface area contributed by atoms with Crippen LogP contribution in [0.2, 0.25) is 0 Å². The molecule has 2 heterocycles. The zero-order valence-electron chi connectivity index (χ0n) is 6.24. The van der Waals surface area contributed by atoms with Crippen LogP contribution < -0.4 is 5.73 Å². The molecule has 2 N–H and O–H groups in total. The van der Waals surface area contributed by atoms with Gasteiger partial charge in [-0.25, -0.2) is 4.98 Å². The average Bonchev–Trinajstić information content (AvgIpc) is 2.53. The van der Waals surface area contributed by atoms with E-state index in [1.807, 2.05) is 6.33 Å². The van der Waals surface area contributed by atoms with Crippen LogP contribution in [0.25, 0.3) is 4.83 Å². The summed E-state index contributed by atoms with van der Waals surface area (Å²) in [7, 11) is 0. The van der Waals surface area contributed by atoms with Gasteiger partial charge in [-0.15, -0.1) is 11.3 Å². The molecule has 0 aliphatic carbocycles. The predicted octanol–water partition coefficient (Wildman–Crippen LogP) is 1.16. The summed E-state index contributed by atoms with van der Waals surface area (Å²) in [4.78, 5) is 5.35. The minimum absolute atomic E-state index is 0.524. The number of nitrogens with two attached hydrogens (primary N) is 1. The first-order valence-corrected chi connectivity index (χ1v) is 4.31. The van der Waals surface area contributed by atoms with Crippen molar-refractivity contribution in [1.82, 2.24) is 9.38 Å². The second-order valence-corrected chi connectivity index (χ2v) is 3.31. The van der Waals surface area contributed by atoms with Crippen molar-refractivity contribution in [2.45, 2.75) is 13.5 Å². The van der Waals surface area contributed by atoms with Gasteiger partial charge in [-0.1, -0.05) is 0 Å². The van der Waals surface area contributed by atoms with E-state index in [1.165, 1.54) is 10.5 Å². The molecule has 2 aromatic rings. The Bertz CT molecular complexity index is 374. The first-order chi connectivity index (χ1) is 5.33. The number of imidazole rings is 1. The highest BCUT2D eigenvalue weighted by atomic mass is 32.1. The van der Waals surface area contributed by atoms with Crippen molar-refractivity contribution in [1.29, 1.82) is 0 Å². The van der Waals surface area contributed by atoms with E-state index in [4.69, 9.17) is 5.73 Å². The number of fused-ring (bicyclic) bond motifs is 1. The number of nitrogens with zero attached hydrogens (tertiary/aromatic N) is 2. The highest BCUT2D eigenvalue weighted by Crippen LogP contribution is 2.18. The van der Waals surface area contributed by atoms with Crippen molar-refractivity contribution in [3.8, 4) is 0 Å². The third-order valence-corrected chi connectivity index (χ3v) is 2.82. The maximum atomic E-state index is 5.50. The molecule has 0 bridgehead atoms. The van der Waals surface area contributed by atoms with Gasteiger partial charge in [0.05, 0.1) is 5.69 Å². The zero-order valence-corrected chi connectivity index (χ0v) is 7.06. The molecule has 0 aliphatic rings. The van der Waals surface area contributed by atoms with Gasteiger partial charge in [-0.3, -0.25) is 4.40 Å². The third kappa shape index (κ3) is 0.868. The van der Waals surface area contributed by atoms with E-state index >= 15 is 0 Å². The highest BCUT2D eigenvalue weighted by molar-refractivity contribution is 7.15. The van der Waals surface area contributed by atoms with Crippen LogP contribution in [-0.4, -0.2) is 9.38 Å². The summed E-state index contributed by atoms with van der Waals surface area (Å²) in [6.07, 6.45) is 1.82. The molecule has 3 nitrogen and oxygen atoms in total. The lowest BCUT2D eigenvalue weighted by atomic mass is 10.5. The van der Waals surface area contributed by atoms with E-state index in [1.54, 1.807) is 11.3 Å². The van der Waals surface area contributed by atoms with Crippen molar-refractivity contribution in [3.63, 3.8) is 0 Å². The summed E-state index contributed by atoms with van der Waals surface area (Å²) in [5, 5.41) is 2.11. The van der Waals surface area contributed by atoms with E-state index in [0.29, 0.717) is 6.54 Å². The van der Waals surface area contributed by atoms with Gasteiger partial charge in [-0.2, -0.15) is 0 Å². The lowest BCUT2D eigenvalue weighted by Gasteiger charge is -1.85. The fraction of sp³-hybridized carbons (Fsp3) is 0.286. The van der Waals surface area contributed by atoms with Crippen LogP contribution in [0.15, 0.2) is 11.7 Å². The number of thiazole rings is 1. The largest absolute Gasteiger partial charge is 0.325 e. The number of hydrogen-bond donors (Lipinski definition) is 1. The molecule has 58 valence electrons. The van der Waals surface area contributed by atoms with E-state index in [-0.39, 0.29) is 0 Å². The third-order valence-electron chi connectivity index (χ3n) is 1.71. The molecule has 0 atom stereocenters. The molecule has 2 aromatic heterocycles. The maximum absolute atomic E-state index is 5.50. The number of aromatic nitrogens is 2. The van der Waals surface area contributed by atoms with E-state index in [0.717, 1.165) is 5.69 Å². The van der Waals surface area contributed by atoms with E-state index in [2.05, 4.69) is 21.7 Å². The Morgan fingerprint density at radius 2 is 2.55 bits per heavy atom. The maximum Gasteiger partial charge on any atom is 0.124 e. The first kappa shape index (κ1) is 6.82. The molecule has 0 saturated heterocycles. The van der Waals surface area contributed by atoms with Gasteiger partial charge in [0.15, 0.2) is 0 Å². The van der Waals surface area contributed by atoms with Gasteiger partial charge in [0.2, 0.25) is 0 Å². The lowest BCUT2D eigenvalue weighted by Crippen LogP contribution is -1.95. The van der Waals surface area contributed by atoms with Crippen LogP contribution in [0.4, 0.5) is 0 Å². The normalized spacial score (nSPS) is 11.1. The van der Waals surface area contributed by atoms with Crippen molar-refractivity contribution in [2.75, 3.05) is 0 Å². The zero-order chi connectivity index (χ0) is 7.84. The molecule has 0 saturated carbocycles. The monoisotopic (exact) mass is 167 g/mol. The SMILES string of the molecule is Cc1csc2c(CN)ncn12. The minimum Gasteiger partial charge on any atom is -0.325 e. The summed E-state index contributed by atoms with van der Waals surface area (Å²) in [5.41, 5.74) is 7.71. The Kier molecular flexibility index (Phi) is 1.44. The van der Waals surface area contributed by atoms with Gasteiger partial charge in [-0.05, 0) is 6.92 Å². The van der Waals surface area contributed by atoms with Gasteiger partial charge < -0.3 is 5.73 Å². The highest BCUT2D eigenvalue weighted by Gasteiger charge is 2.04. The quantitative estimate of drug-likeness (QED) is 0.692. The molecule has 0 amide bonds. The Balaban J connectivity index is 2.77.